The third-order valence-electron chi connectivity index (χ3n) is 8.37. The fraction of sp³-hybridized carbons (Fsp3) is 0.424. The summed E-state index contributed by atoms with van der Waals surface area (Å²) in [5.41, 5.74) is 8.41. The van der Waals surface area contributed by atoms with Gasteiger partial charge in [-0.1, -0.05) is 54.6 Å². The van der Waals surface area contributed by atoms with Crippen molar-refractivity contribution in [2.24, 2.45) is 12.8 Å². The molecule has 11 nitrogen and oxygen atoms in total. The first-order chi connectivity index (χ1) is 21.3. The first-order valence-electron chi connectivity index (χ1n) is 15.3. The molecule has 1 aliphatic rings. The molecule has 0 atom stereocenters. The lowest BCUT2D eigenvalue weighted by Gasteiger charge is -2.38. The predicted molar refractivity (Wildman–Crippen MR) is 168 cm³/mol. The zero-order chi connectivity index (χ0) is 31.1. The molecule has 232 valence electrons. The van der Waals surface area contributed by atoms with Crippen LogP contribution in [0.1, 0.15) is 49.7 Å². The van der Waals surface area contributed by atoms with Crippen LogP contribution in [0.5, 0.6) is 0 Å². The number of hydrogen-bond acceptors (Lipinski definition) is 7. The Bertz CT molecular complexity index is 1640. The number of nitrogens with one attached hydrogen (secondary N) is 1. The topological polar surface area (TPSA) is 148 Å². The van der Waals surface area contributed by atoms with E-state index < -0.39 is 5.60 Å². The number of carbonyl (C=O) groups excluding carboxylic acids is 2. The van der Waals surface area contributed by atoms with Crippen LogP contribution in [0, 0.1) is 0 Å². The van der Waals surface area contributed by atoms with Gasteiger partial charge in [0.05, 0.1) is 24.2 Å². The molecule has 0 unspecified atom stereocenters. The van der Waals surface area contributed by atoms with E-state index >= 15 is 0 Å². The van der Waals surface area contributed by atoms with E-state index in [1.54, 1.807) is 16.6 Å². The minimum atomic E-state index is -1.12. The molecule has 44 heavy (non-hydrogen) atoms. The van der Waals surface area contributed by atoms with Crippen molar-refractivity contribution in [1.29, 1.82) is 0 Å². The summed E-state index contributed by atoms with van der Waals surface area (Å²) >= 11 is 0. The maximum absolute atomic E-state index is 13.5. The number of nitrogens with zero attached hydrogens (tertiary/aromatic N) is 5. The van der Waals surface area contributed by atoms with E-state index in [9.17, 15) is 19.5 Å². The molecule has 2 aromatic carbocycles. The van der Waals surface area contributed by atoms with Crippen molar-refractivity contribution in [1.82, 2.24) is 29.5 Å². The van der Waals surface area contributed by atoms with Crippen LogP contribution in [-0.4, -0.2) is 66.4 Å². The molecule has 11 heteroatoms. The van der Waals surface area contributed by atoms with Crippen molar-refractivity contribution < 1.29 is 14.7 Å². The lowest BCUT2D eigenvalue weighted by Crippen LogP contribution is -2.49. The molecule has 2 aromatic heterocycles. The molecular weight excluding hydrogens is 558 g/mol. The summed E-state index contributed by atoms with van der Waals surface area (Å²) in [6, 6.07) is 17.6. The van der Waals surface area contributed by atoms with Crippen LogP contribution in [0.25, 0.3) is 22.3 Å². The molecule has 5 rings (SSSR count). The van der Waals surface area contributed by atoms with Crippen LogP contribution in [-0.2, 0) is 36.1 Å². The molecule has 3 heterocycles. The van der Waals surface area contributed by atoms with Gasteiger partial charge < -0.3 is 21.1 Å². The second-order valence-corrected chi connectivity index (χ2v) is 11.7. The normalized spacial score (nSPS) is 14.6. The summed E-state index contributed by atoms with van der Waals surface area (Å²) in [6.45, 7) is 1.98. The average Bonchev–Trinajstić information content (AvgIpc) is 3.38. The number of nitrogens with two attached hydrogens (primary N) is 1. The van der Waals surface area contributed by atoms with Gasteiger partial charge in [-0.3, -0.25) is 23.6 Å². The highest BCUT2D eigenvalue weighted by Gasteiger charge is 2.35. The van der Waals surface area contributed by atoms with E-state index in [-0.39, 0.29) is 29.4 Å². The van der Waals surface area contributed by atoms with Gasteiger partial charge in [-0.05, 0) is 49.8 Å². The first-order valence-corrected chi connectivity index (χ1v) is 15.3. The Morgan fingerprint density at radius 3 is 2.41 bits per heavy atom. The summed E-state index contributed by atoms with van der Waals surface area (Å²) in [6.07, 6.45) is 5.41. The zero-order valence-corrected chi connectivity index (χ0v) is 25.2. The Morgan fingerprint density at radius 2 is 1.70 bits per heavy atom. The average molecular weight is 600 g/mol. The molecule has 0 bridgehead atoms. The molecule has 0 radical (unpaired) electrons. The van der Waals surface area contributed by atoms with Gasteiger partial charge in [-0.15, -0.1) is 0 Å². The summed E-state index contributed by atoms with van der Waals surface area (Å²) < 4.78 is 3.07. The van der Waals surface area contributed by atoms with Crippen molar-refractivity contribution in [3.63, 3.8) is 0 Å². The minimum Gasteiger partial charge on any atom is -0.388 e. The zero-order valence-electron chi connectivity index (χ0n) is 25.2. The molecule has 4 N–H and O–H groups in total. The van der Waals surface area contributed by atoms with Crippen LogP contribution in [0.2, 0.25) is 0 Å². The second kappa shape index (κ2) is 14.0. The van der Waals surface area contributed by atoms with Gasteiger partial charge in [0.1, 0.15) is 5.52 Å². The number of aryl methyl sites for hydroxylation is 2. The van der Waals surface area contributed by atoms with E-state index in [2.05, 4.69) is 15.4 Å². The van der Waals surface area contributed by atoms with E-state index in [0.29, 0.717) is 69.5 Å². The van der Waals surface area contributed by atoms with E-state index in [1.807, 2.05) is 54.6 Å². The van der Waals surface area contributed by atoms with Gasteiger partial charge in [0, 0.05) is 45.1 Å². The molecule has 1 fully saturated rings. The lowest BCUT2D eigenvalue weighted by molar-refractivity contribution is -0.135. The molecule has 0 aliphatic carbocycles. The van der Waals surface area contributed by atoms with Gasteiger partial charge in [0.15, 0.2) is 5.52 Å². The monoisotopic (exact) mass is 599 g/mol. The smallest absolute Gasteiger partial charge is 0.281 e. The number of likely N-dealkylation sites (tertiary alicyclic amines) is 1. The van der Waals surface area contributed by atoms with Gasteiger partial charge in [0.25, 0.3) is 5.56 Å². The van der Waals surface area contributed by atoms with Gasteiger partial charge >= 0.3 is 0 Å². The van der Waals surface area contributed by atoms with Gasteiger partial charge in [0.2, 0.25) is 11.8 Å². The standard InChI is InChI=1S/C33H41N7O4/c1-38-31(26-13-10-25(11-14-26)21-35-27(41)9-5-6-18-34)29-30(37-38)32(43)40(23-36-29)22-33(44)16-19-39(20-17-33)28(42)15-12-24-7-3-2-4-8-24/h2-4,7-8,10-11,13-14,23,44H,5-6,9,12,15-22,34H2,1H3,(H,35,41). The maximum atomic E-state index is 13.5. The number of benzene rings is 2. The van der Waals surface area contributed by atoms with E-state index in [4.69, 9.17) is 5.73 Å². The number of unbranched alkanes of at least 4 members (excludes halogenated alkanes) is 1. The Hall–Kier alpha value is -4.35. The SMILES string of the molecule is Cn1nc2c(=O)n(CC3(O)CCN(C(=O)CCc4ccccc4)CC3)cnc2c1-c1ccc(CNC(=O)CCCCN)cc1. The molecule has 4 aromatic rings. The molecule has 0 saturated carbocycles. The van der Waals surface area contributed by atoms with Crippen LogP contribution in [0.4, 0.5) is 0 Å². The van der Waals surface area contributed by atoms with Crippen molar-refractivity contribution >= 4 is 22.8 Å². The second-order valence-electron chi connectivity index (χ2n) is 11.7. The van der Waals surface area contributed by atoms with Crippen LogP contribution >= 0.6 is 0 Å². The highest BCUT2D eigenvalue weighted by Crippen LogP contribution is 2.27. The summed E-state index contributed by atoms with van der Waals surface area (Å²) in [7, 11) is 1.77. The number of aliphatic hydroxyl groups is 1. The van der Waals surface area contributed by atoms with E-state index in [1.165, 1.54) is 10.9 Å². The highest BCUT2D eigenvalue weighted by molar-refractivity contribution is 5.89. The van der Waals surface area contributed by atoms with Crippen LogP contribution in [0.15, 0.2) is 65.7 Å². The number of carbonyl (C=O) groups is 2. The highest BCUT2D eigenvalue weighted by atomic mass is 16.3. The van der Waals surface area contributed by atoms with Crippen LogP contribution in [0.3, 0.4) is 0 Å². The number of fused-ring (bicyclic) bond motifs is 1. The molecule has 1 aliphatic heterocycles. The largest absolute Gasteiger partial charge is 0.388 e. The van der Waals surface area contributed by atoms with E-state index in [0.717, 1.165) is 29.5 Å². The maximum Gasteiger partial charge on any atom is 0.281 e. The molecule has 2 amide bonds. The Balaban J connectivity index is 1.21. The molecular formula is C33H41N7O4. The summed E-state index contributed by atoms with van der Waals surface area (Å²) in [4.78, 5) is 44.6. The first kappa shape index (κ1) is 31.1. The van der Waals surface area contributed by atoms with Gasteiger partial charge in [-0.25, -0.2) is 4.98 Å². The Kier molecular flexibility index (Phi) is 9.86. The van der Waals surface area contributed by atoms with Crippen molar-refractivity contribution in [2.75, 3.05) is 19.6 Å². The Labute approximate surface area is 256 Å². The number of piperidine rings is 1. The van der Waals surface area contributed by atoms with Gasteiger partial charge in [-0.2, -0.15) is 5.10 Å². The molecule has 0 spiro atoms. The van der Waals surface area contributed by atoms with Crippen molar-refractivity contribution in [3.05, 3.63) is 82.4 Å². The number of aromatic nitrogens is 4. The number of rotatable bonds is 12. The van der Waals surface area contributed by atoms with Crippen molar-refractivity contribution in [2.45, 2.75) is 63.6 Å². The number of hydrogen-bond donors (Lipinski definition) is 3. The third-order valence-corrected chi connectivity index (χ3v) is 8.37. The lowest BCUT2D eigenvalue weighted by atomic mass is 9.91. The van der Waals surface area contributed by atoms with Crippen molar-refractivity contribution in [3.8, 4) is 11.3 Å². The Morgan fingerprint density at radius 1 is 0.977 bits per heavy atom. The van der Waals surface area contributed by atoms with Crippen LogP contribution < -0.4 is 16.6 Å². The molecule has 1 saturated heterocycles. The predicted octanol–water partition coefficient (Wildman–Crippen LogP) is 2.53. The minimum absolute atomic E-state index is 0.00294. The third kappa shape index (κ3) is 7.40. The fourth-order valence-electron chi connectivity index (χ4n) is 5.73. The number of amides is 2. The summed E-state index contributed by atoms with van der Waals surface area (Å²) in [5.74, 6) is 0.0800. The summed E-state index contributed by atoms with van der Waals surface area (Å²) in [5, 5.41) is 18.8. The quantitative estimate of drug-likeness (QED) is 0.212. The fourth-order valence-corrected chi connectivity index (χ4v) is 5.73.